The summed E-state index contributed by atoms with van der Waals surface area (Å²) in [6, 6.07) is 0. The van der Waals surface area contributed by atoms with Gasteiger partial charge in [0.2, 0.25) is 0 Å². The number of carboxylic acid groups (broad SMARTS) is 1. The maximum Gasteiger partial charge on any atom is 0.304 e. The summed E-state index contributed by atoms with van der Waals surface area (Å²) in [6.07, 6.45) is 0.0571. The minimum absolute atomic E-state index is 0. The van der Waals surface area contributed by atoms with Crippen LogP contribution in [0, 0.1) is 0 Å². The molecule has 47 valence electrons. The summed E-state index contributed by atoms with van der Waals surface area (Å²) in [6.45, 7) is 0. The van der Waals surface area contributed by atoms with Gasteiger partial charge in [-0.3, -0.25) is 4.79 Å². The van der Waals surface area contributed by atoms with Crippen molar-refractivity contribution >= 4 is 17.6 Å². The van der Waals surface area contributed by atoms with Crippen molar-refractivity contribution in [1.82, 2.24) is 0 Å². The van der Waals surface area contributed by atoms with Crippen LogP contribution in [-0.2, 0) is 27.2 Å². The Hall–Kier alpha value is 0.500. The Morgan fingerprint density at radius 2 is 2.14 bits per heavy atom. The molecule has 0 fully saturated rings. The third kappa shape index (κ3) is 10.7. The van der Waals surface area contributed by atoms with Gasteiger partial charge in [-0.15, -0.1) is 11.6 Å². The predicted octanol–water partition coefficient (Wildman–Crippen LogP) is 0.697. The first-order valence-electron chi connectivity index (χ1n) is 1.55. The SMILES string of the molecule is O=C(O)CCCl.[Ag]. The predicted molar refractivity (Wildman–Crippen MR) is 23.0 cm³/mol. The molecule has 0 heterocycles. The molecule has 7 heavy (non-hydrogen) atoms. The Morgan fingerprint density at radius 3 is 2.14 bits per heavy atom. The van der Waals surface area contributed by atoms with Crippen LogP contribution >= 0.6 is 11.6 Å². The Bertz CT molecular complexity index is 56.9. The number of rotatable bonds is 2. The van der Waals surface area contributed by atoms with E-state index >= 15 is 0 Å². The quantitative estimate of drug-likeness (QED) is 0.545. The molecule has 0 aliphatic carbocycles. The fourth-order valence-electron chi connectivity index (χ4n) is 0.0808. The third-order valence-electron chi connectivity index (χ3n) is 0.308. The van der Waals surface area contributed by atoms with E-state index < -0.39 is 5.97 Å². The molecule has 1 radical (unpaired) electrons. The molecule has 2 nitrogen and oxygen atoms in total. The summed E-state index contributed by atoms with van der Waals surface area (Å²) in [5, 5.41) is 7.83. The molecule has 0 saturated carbocycles. The monoisotopic (exact) mass is 215 g/mol. The van der Waals surface area contributed by atoms with E-state index in [0.29, 0.717) is 0 Å². The van der Waals surface area contributed by atoms with Gasteiger partial charge in [0, 0.05) is 28.3 Å². The van der Waals surface area contributed by atoms with Gasteiger partial charge >= 0.3 is 5.97 Å². The zero-order valence-electron chi connectivity index (χ0n) is 3.45. The van der Waals surface area contributed by atoms with Gasteiger partial charge in [0.05, 0.1) is 6.42 Å². The van der Waals surface area contributed by atoms with Crippen LogP contribution in [0.4, 0.5) is 0 Å². The van der Waals surface area contributed by atoms with E-state index in [1.165, 1.54) is 0 Å². The molecule has 0 rings (SSSR count). The zero-order valence-corrected chi connectivity index (χ0v) is 5.69. The second-order valence-corrected chi connectivity index (χ2v) is 1.21. The van der Waals surface area contributed by atoms with Crippen LogP contribution in [0.1, 0.15) is 6.42 Å². The van der Waals surface area contributed by atoms with Gasteiger partial charge in [-0.25, -0.2) is 0 Å². The first-order valence-corrected chi connectivity index (χ1v) is 2.08. The Morgan fingerprint density at radius 1 is 1.71 bits per heavy atom. The molecule has 1 N–H and O–H groups in total. The van der Waals surface area contributed by atoms with Crippen LogP contribution < -0.4 is 0 Å². The van der Waals surface area contributed by atoms with E-state index in [0.717, 1.165) is 0 Å². The Kier molecular flexibility index (Phi) is 9.73. The molecular weight excluding hydrogens is 211 g/mol. The molecule has 0 amide bonds. The van der Waals surface area contributed by atoms with Gasteiger partial charge in [0.15, 0.2) is 0 Å². The largest absolute Gasteiger partial charge is 0.481 e. The molecule has 0 aromatic rings. The molecule has 0 unspecified atom stereocenters. The van der Waals surface area contributed by atoms with Crippen LogP contribution in [0.2, 0.25) is 0 Å². The zero-order chi connectivity index (χ0) is 4.99. The average molecular weight is 216 g/mol. The van der Waals surface area contributed by atoms with E-state index in [9.17, 15) is 4.79 Å². The Balaban J connectivity index is 0. The number of carboxylic acids is 1. The molecule has 0 aliphatic heterocycles. The summed E-state index contributed by atoms with van der Waals surface area (Å²) in [5.41, 5.74) is 0. The molecule has 0 spiro atoms. The first kappa shape index (κ1) is 10.5. The third-order valence-corrected chi connectivity index (χ3v) is 0.497. The van der Waals surface area contributed by atoms with Crippen molar-refractivity contribution in [3.05, 3.63) is 0 Å². The van der Waals surface area contributed by atoms with Crippen molar-refractivity contribution in [1.29, 1.82) is 0 Å². The number of hydrogen-bond donors (Lipinski definition) is 1. The van der Waals surface area contributed by atoms with Gasteiger partial charge in [-0.1, -0.05) is 0 Å². The maximum absolute atomic E-state index is 9.51. The van der Waals surface area contributed by atoms with Gasteiger partial charge in [-0.2, -0.15) is 0 Å². The van der Waals surface area contributed by atoms with Crippen LogP contribution in [0.25, 0.3) is 0 Å². The van der Waals surface area contributed by atoms with Crippen LogP contribution in [-0.4, -0.2) is 17.0 Å². The van der Waals surface area contributed by atoms with Crippen molar-refractivity contribution < 1.29 is 32.3 Å². The van der Waals surface area contributed by atoms with E-state index in [-0.39, 0.29) is 34.7 Å². The minimum atomic E-state index is -0.843. The smallest absolute Gasteiger partial charge is 0.304 e. The van der Waals surface area contributed by atoms with Crippen molar-refractivity contribution in [2.45, 2.75) is 6.42 Å². The second kappa shape index (κ2) is 6.50. The van der Waals surface area contributed by atoms with Crippen molar-refractivity contribution in [2.24, 2.45) is 0 Å². The molecular formula is C3H5AgClO2. The van der Waals surface area contributed by atoms with E-state index in [2.05, 4.69) is 0 Å². The molecule has 0 aromatic carbocycles. The van der Waals surface area contributed by atoms with E-state index in [1.54, 1.807) is 0 Å². The van der Waals surface area contributed by atoms with Gasteiger partial charge < -0.3 is 5.11 Å². The van der Waals surface area contributed by atoms with Crippen molar-refractivity contribution in [3.8, 4) is 0 Å². The van der Waals surface area contributed by atoms with Crippen molar-refractivity contribution in [3.63, 3.8) is 0 Å². The van der Waals surface area contributed by atoms with E-state index in [4.69, 9.17) is 16.7 Å². The van der Waals surface area contributed by atoms with Gasteiger partial charge in [0.25, 0.3) is 0 Å². The number of aliphatic carboxylic acids is 1. The summed E-state index contributed by atoms with van der Waals surface area (Å²) in [5.74, 6) is -0.639. The number of carbonyl (C=O) groups is 1. The number of alkyl halides is 1. The number of hydrogen-bond acceptors (Lipinski definition) is 1. The fraction of sp³-hybridized carbons (Fsp3) is 0.667. The Labute approximate surface area is 62.4 Å². The van der Waals surface area contributed by atoms with E-state index in [1.807, 2.05) is 0 Å². The van der Waals surface area contributed by atoms with Gasteiger partial charge in [0.1, 0.15) is 0 Å². The molecule has 0 atom stereocenters. The fourth-order valence-corrected chi connectivity index (χ4v) is 0.243. The minimum Gasteiger partial charge on any atom is -0.481 e. The molecule has 4 heteroatoms. The molecule has 0 aliphatic rings. The summed E-state index contributed by atoms with van der Waals surface area (Å²) in [7, 11) is 0. The number of halogens is 1. The van der Waals surface area contributed by atoms with Crippen LogP contribution in [0.15, 0.2) is 0 Å². The first-order chi connectivity index (χ1) is 2.77. The van der Waals surface area contributed by atoms with Crippen LogP contribution in [0.3, 0.4) is 0 Å². The van der Waals surface area contributed by atoms with Gasteiger partial charge in [-0.05, 0) is 0 Å². The second-order valence-electron chi connectivity index (χ2n) is 0.833. The summed E-state index contributed by atoms with van der Waals surface area (Å²) in [4.78, 5) is 9.51. The van der Waals surface area contributed by atoms with Crippen LogP contribution in [0.5, 0.6) is 0 Å². The molecule has 0 saturated heterocycles. The topological polar surface area (TPSA) is 37.3 Å². The molecule has 0 bridgehead atoms. The molecule has 0 aromatic heterocycles. The summed E-state index contributed by atoms with van der Waals surface area (Å²) >= 11 is 5.02. The summed E-state index contributed by atoms with van der Waals surface area (Å²) < 4.78 is 0. The standard InChI is InChI=1S/C3H5ClO2.Ag/c4-2-1-3(5)6;/h1-2H2,(H,5,6);. The normalized spacial score (nSPS) is 7.00. The van der Waals surface area contributed by atoms with Crippen molar-refractivity contribution in [2.75, 3.05) is 5.88 Å². The average Bonchev–Trinajstić information content (AvgIpc) is 1.35. The maximum atomic E-state index is 9.51.